The van der Waals surface area contributed by atoms with Crippen LogP contribution >= 0.6 is 12.6 Å². The maximum Gasteiger partial charge on any atom is 0.326 e. The number of carbonyl (C=O) groups is 6. The number of thiol groups is 1. The average molecular weight is 502 g/mol. The van der Waals surface area contributed by atoms with Gasteiger partial charge < -0.3 is 42.6 Å². The first-order valence-electron chi connectivity index (χ1n) is 9.92. The van der Waals surface area contributed by atoms with Gasteiger partial charge in [0.15, 0.2) is 0 Å². The number of hydrogen-bond acceptors (Lipinski definition) is 9. The number of primary amides is 1. The molecule has 0 fully saturated rings. The highest BCUT2D eigenvalue weighted by Crippen LogP contribution is 2.04. The van der Waals surface area contributed by atoms with E-state index in [2.05, 4.69) is 38.5 Å². The van der Waals surface area contributed by atoms with Crippen molar-refractivity contribution in [2.24, 2.45) is 11.5 Å². The first kappa shape index (κ1) is 28.4. The second-order valence-corrected chi connectivity index (χ2v) is 7.56. The summed E-state index contributed by atoms with van der Waals surface area (Å²) in [7, 11) is 0. The highest BCUT2D eigenvalue weighted by atomic mass is 32.1. The fourth-order valence-corrected chi connectivity index (χ4v) is 2.92. The van der Waals surface area contributed by atoms with Crippen LogP contribution in [0.1, 0.15) is 25.0 Å². The van der Waals surface area contributed by atoms with Crippen LogP contribution in [0, 0.1) is 0 Å². The summed E-state index contributed by atoms with van der Waals surface area (Å²) in [4.78, 5) is 77.3. The molecule has 0 aliphatic heterocycles. The number of nitrogens with zero attached hydrogens (tertiary/aromatic N) is 1. The molecule has 4 unspecified atom stereocenters. The number of amides is 4. The van der Waals surface area contributed by atoms with E-state index in [0.29, 0.717) is 5.69 Å². The van der Waals surface area contributed by atoms with Gasteiger partial charge >= 0.3 is 11.9 Å². The second-order valence-electron chi connectivity index (χ2n) is 7.19. The summed E-state index contributed by atoms with van der Waals surface area (Å²) < 4.78 is 0. The van der Waals surface area contributed by atoms with Crippen LogP contribution in [0.3, 0.4) is 0 Å². The highest BCUT2D eigenvalue weighted by Gasteiger charge is 2.30. The number of carbonyl (C=O) groups excluding carboxylic acids is 4. The van der Waals surface area contributed by atoms with Crippen molar-refractivity contribution in [2.45, 2.75) is 49.9 Å². The van der Waals surface area contributed by atoms with Crippen LogP contribution in [-0.4, -0.2) is 85.7 Å². The molecule has 188 valence electrons. The summed E-state index contributed by atoms with van der Waals surface area (Å²) in [6, 6.07) is -5.46. The third-order valence-electron chi connectivity index (χ3n) is 4.45. The zero-order valence-corrected chi connectivity index (χ0v) is 18.8. The van der Waals surface area contributed by atoms with E-state index in [-0.39, 0.29) is 25.0 Å². The standard InChI is InChI=1S/C18H27N7O8S/c19-9(4-14(27)28)15(29)25-12(6-34)17(31)24-11(3-8-5-21-7-22-8)16(30)23-10(18(32)33)1-2-13(20)26/h5,7,9-12,34H,1-4,6,19H2,(H2,20,26)(H,21,22)(H,23,30)(H,24,31)(H,25,29)(H,27,28)(H,32,33). The molecule has 0 saturated heterocycles. The van der Waals surface area contributed by atoms with Gasteiger partial charge in [0.25, 0.3) is 0 Å². The minimum Gasteiger partial charge on any atom is -0.481 e. The number of carboxylic acids is 2. The molecule has 0 aromatic carbocycles. The summed E-state index contributed by atoms with van der Waals surface area (Å²) >= 11 is 3.99. The Morgan fingerprint density at radius 3 is 2.09 bits per heavy atom. The minimum absolute atomic E-state index is 0.120. The Morgan fingerprint density at radius 1 is 1.00 bits per heavy atom. The van der Waals surface area contributed by atoms with Crippen LogP contribution in [0.5, 0.6) is 0 Å². The molecule has 15 nitrogen and oxygen atoms in total. The van der Waals surface area contributed by atoms with Gasteiger partial charge in [0.1, 0.15) is 18.1 Å². The molecule has 0 bridgehead atoms. The zero-order chi connectivity index (χ0) is 25.8. The molecule has 4 atom stereocenters. The number of aromatic amines is 1. The van der Waals surface area contributed by atoms with Crippen molar-refractivity contribution in [2.75, 3.05) is 5.75 Å². The van der Waals surface area contributed by atoms with Gasteiger partial charge in [-0.1, -0.05) is 0 Å². The van der Waals surface area contributed by atoms with E-state index in [4.69, 9.17) is 16.6 Å². The van der Waals surface area contributed by atoms with Gasteiger partial charge in [0.05, 0.1) is 18.8 Å². The Balaban J connectivity index is 2.95. The molecule has 1 rings (SSSR count). The topological polar surface area (TPSA) is 260 Å². The minimum atomic E-state index is -1.45. The van der Waals surface area contributed by atoms with Gasteiger partial charge in [-0.05, 0) is 6.42 Å². The number of carboxylic acid groups (broad SMARTS) is 2. The molecule has 1 aromatic heterocycles. The molecule has 10 N–H and O–H groups in total. The maximum absolute atomic E-state index is 12.8. The summed E-state index contributed by atoms with van der Waals surface area (Å²) in [5, 5.41) is 24.9. The molecule has 0 spiro atoms. The summed E-state index contributed by atoms with van der Waals surface area (Å²) in [5.74, 6) is -6.34. The number of nitrogens with two attached hydrogens (primary N) is 2. The third-order valence-corrected chi connectivity index (χ3v) is 4.82. The number of hydrogen-bond donors (Lipinski definition) is 9. The molecule has 0 aliphatic carbocycles. The molecule has 34 heavy (non-hydrogen) atoms. The number of aliphatic carboxylic acids is 2. The van der Waals surface area contributed by atoms with Crippen molar-refractivity contribution in [3.05, 3.63) is 18.2 Å². The van der Waals surface area contributed by atoms with E-state index in [1.807, 2.05) is 0 Å². The van der Waals surface area contributed by atoms with E-state index < -0.39 is 66.2 Å². The Bertz CT molecular complexity index is 895. The van der Waals surface area contributed by atoms with Crippen molar-refractivity contribution in [1.82, 2.24) is 25.9 Å². The van der Waals surface area contributed by atoms with E-state index in [1.54, 1.807) is 0 Å². The van der Waals surface area contributed by atoms with E-state index >= 15 is 0 Å². The molecular weight excluding hydrogens is 474 g/mol. The summed E-state index contributed by atoms with van der Waals surface area (Å²) in [5.41, 5.74) is 10.9. The second kappa shape index (κ2) is 13.8. The van der Waals surface area contributed by atoms with Crippen molar-refractivity contribution < 1.29 is 39.0 Å². The van der Waals surface area contributed by atoms with Crippen LogP contribution in [0.15, 0.2) is 12.5 Å². The molecular formula is C18H27N7O8S. The van der Waals surface area contributed by atoms with Gasteiger partial charge in [0, 0.05) is 30.5 Å². The number of imidazole rings is 1. The summed E-state index contributed by atoms with van der Waals surface area (Å²) in [6.45, 7) is 0. The van der Waals surface area contributed by atoms with Gasteiger partial charge in [-0.2, -0.15) is 12.6 Å². The molecule has 4 amide bonds. The quantitative estimate of drug-likeness (QED) is 0.107. The van der Waals surface area contributed by atoms with E-state index in [0.717, 1.165) is 0 Å². The van der Waals surface area contributed by atoms with Crippen molar-refractivity contribution in [3.63, 3.8) is 0 Å². The maximum atomic E-state index is 12.8. The number of nitrogens with one attached hydrogen (secondary N) is 4. The lowest BCUT2D eigenvalue weighted by molar-refractivity contribution is -0.142. The van der Waals surface area contributed by atoms with Crippen molar-refractivity contribution in [3.8, 4) is 0 Å². The fourth-order valence-electron chi connectivity index (χ4n) is 2.67. The Hall–Kier alpha value is -3.66. The van der Waals surface area contributed by atoms with E-state index in [1.165, 1.54) is 12.5 Å². The fraction of sp³-hybridized carbons (Fsp3) is 0.500. The molecule has 0 radical (unpaired) electrons. The lowest BCUT2D eigenvalue weighted by Crippen LogP contribution is -2.58. The number of rotatable bonds is 15. The lowest BCUT2D eigenvalue weighted by atomic mass is 10.1. The van der Waals surface area contributed by atoms with Crippen LogP contribution in [0.25, 0.3) is 0 Å². The molecule has 1 heterocycles. The predicted octanol–water partition coefficient (Wildman–Crippen LogP) is -3.51. The molecule has 16 heteroatoms. The summed E-state index contributed by atoms with van der Waals surface area (Å²) in [6.07, 6.45) is 1.37. The van der Waals surface area contributed by atoms with Crippen LogP contribution in [0.2, 0.25) is 0 Å². The van der Waals surface area contributed by atoms with Gasteiger partial charge in [-0.15, -0.1) is 0 Å². The Labute approximate surface area is 198 Å². The molecule has 1 aromatic rings. The highest BCUT2D eigenvalue weighted by molar-refractivity contribution is 7.80. The van der Waals surface area contributed by atoms with E-state index in [9.17, 15) is 33.9 Å². The first-order chi connectivity index (χ1) is 15.9. The SMILES string of the molecule is NC(=O)CCC(NC(=O)C(Cc1cnc[nH]1)NC(=O)C(CS)NC(=O)C(N)CC(=O)O)C(=O)O. The van der Waals surface area contributed by atoms with Crippen LogP contribution in [0.4, 0.5) is 0 Å². The van der Waals surface area contributed by atoms with Gasteiger partial charge in [-0.3, -0.25) is 24.0 Å². The normalized spacial score (nSPS) is 14.2. The number of H-pyrrole nitrogens is 1. The molecule has 0 saturated carbocycles. The van der Waals surface area contributed by atoms with Crippen LogP contribution < -0.4 is 27.4 Å². The monoisotopic (exact) mass is 501 g/mol. The lowest BCUT2D eigenvalue weighted by Gasteiger charge is -2.24. The van der Waals surface area contributed by atoms with Gasteiger partial charge in [0.2, 0.25) is 23.6 Å². The third kappa shape index (κ3) is 9.86. The van der Waals surface area contributed by atoms with Crippen LogP contribution in [-0.2, 0) is 35.2 Å². The van der Waals surface area contributed by atoms with Crippen molar-refractivity contribution >= 4 is 48.2 Å². The average Bonchev–Trinajstić information content (AvgIpc) is 3.26. The zero-order valence-electron chi connectivity index (χ0n) is 17.9. The molecule has 0 aliphatic rings. The largest absolute Gasteiger partial charge is 0.481 e. The first-order valence-corrected chi connectivity index (χ1v) is 10.6. The Morgan fingerprint density at radius 2 is 1.59 bits per heavy atom. The number of aromatic nitrogens is 2. The predicted molar refractivity (Wildman–Crippen MR) is 118 cm³/mol. The smallest absolute Gasteiger partial charge is 0.326 e. The van der Waals surface area contributed by atoms with Gasteiger partial charge in [-0.25, -0.2) is 9.78 Å². The van der Waals surface area contributed by atoms with Crippen molar-refractivity contribution in [1.29, 1.82) is 0 Å². The Kier molecular flexibility index (Phi) is 11.5.